The first-order valence-electron chi connectivity index (χ1n) is 9.77. The average Bonchev–Trinajstić information content (AvgIpc) is 3.10. The summed E-state index contributed by atoms with van der Waals surface area (Å²) < 4.78 is 11.0. The Kier molecular flexibility index (Phi) is 7.60. The van der Waals surface area contributed by atoms with E-state index >= 15 is 0 Å². The van der Waals surface area contributed by atoms with E-state index in [2.05, 4.69) is 4.90 Å². The summed E-state index contributed by atoms with van der Waals surface area (Å²) in [6.45, 7) is 2.83. The van der Waals surface area contributed by atoms with Crippen LogP contribution in [0, 0.1) is 0 Å². The number of carbonyl (C=O) groups excluding carboxylic acids is 1. The van der Waals surface area contributed by atoms with Gasteiger partial charge in [0, 0.05) is 42.4 Å². The topological polar surface area (TPSA) is 85.0 Å². The van der Waals surface area contributed by atoms with Crippen LogP contribution in [0.4, 0.5) is 0 Å². The number of amides is 1. The monoisotopic (exact) mass is 452 g/mol. The van der Waals surface area contributed by atoms with Gasteiger partial charge in [-0.1, -0.05) is 35.3 Å². The molecule has 1 atom stereocenters. The van der Waals surface area contributed by atoms with Crippen molar-refractivity contribution in [1.82, 2.24) is 4.90 Å². The summed E-state index contributed by atoms with van der Waals surface area (Å²) in [7, 11) is 1.57. The molecule has 1 fully saturated rings. The standard InChI is InChI=1S/C22H26Cl2N2O4/c1-29-13-15-11-20(18(21(25)27)12-19(15)24)30-10-2-8-26-9-7-22(28,14-26)16-3-5-17(23)6-4-16/h3-6,11-12,28H,2,7-10,13-14H2,1H3,(H2,25,27). The zero-order chi connectivity index (χ0) is 21.7. The molecular weight excluding hydrogens is 427 g/mol. The number of β-amino-alcohol motifs (C(OH)–C–C–N with tert-alkyl or cyclic N) is 1. The van der Waals surface area contributed by atoms with Gasteiger partial charge < -0.3 is 20.3 Å². The second kappa shape index (κ2) is 9.98. The Morgan fingerprint density at radius 2 is 2.00 bits per heavy atom. The van der Waals surface area contributed by atoms with Gasteiger partial charge in [-0.05, 0) is 42.7 Å². The van der Waals surface area contributed by atoms with Crippen LogP contribution in [0.5, 0.6) is 5.75 Å². The van der Waals surface area contributed by atoms with Crippen LogP contribution >= 0.6 is 23.2 Å². The maximum atomic E-state index is 11.7. The molecule has 0 bridgehead atoms. The fourth-order valence-corrected chi connectivity index (χ4v) is 4.05. The number of ether oxygens (including phenoxy) is 2. The Morgan fingerprint density at radius 3 is 2.67 bits per heavy atom. The smallest absolute Gasteiger partial charge is 0.252 e. The highest BCUT2D eigenvalue weighted by Crippen LogP contribution is 2.33. The maximum absolute atomic E-state index is 11.7. The molecule has 30 heavy (non-hydrogen) atoms. The highest BCUT2D eigenvalue weighted by atomic mass is 35.5. The van der Waals surface area contributed by atoms with Crippen molar-refractivity contribution in [2.75, 3.05) is 33.4 Å². The second-order valence-electron chi connectivity index (χ2n) is 7.50. The molecule has 1 unspecified atom stereocenters. The third-order valence-corrected chi connectivity index (χ3v) is 5.90. The number of nitrogens with two attached hydrogens (primary N) is 1. The van der Waals surface area contributed by atoms with Crippen molar-refractivity contribution < 1.29 is 19.4 Å². The zero-order valence-corrected chi connectivity index (χ0v) is 18.4. The number of hydrogen-bond donors (Lipinski definition) is 2. The van der Waals surface area contributed by atoms with Crippen molar-refractivity contribution >= 4 is 29.1 Å². The van der Waals surface area contributed by atoms with Crippen LogP contribution in [0.3, 0.4) is 0 Å². The summed E-state index contributed by atoms with van der Waals surface area (Å²) in [6, 6.07) is 10.6. The number of aliphatic hydroxyl groups is 1. The van der Waals surface area contributed by atoms with Crippen LogP contribution < -0.4 is 10.5 Å². The molecule has 6 nitrogen and oxygen atoms in total. The first kappa shape index (κ1) is 22.8. The van der Waals surface area contributed by atoms with Crippen molar-refractivity contribution in [2.45, 2.75) is 25.0 Å². The highest BCUT2D eigenvalue weighted by Gasteiger charge is 2.37. The van der Waals surface area contributed by atoms with Gasteiger partial charge in [-0.3, -0.25) is 9.69 Å². The minimum Gasteiger partial charge on any atom is -0.493 e. The molecule has 2 aromatic carbocycles. The van der Waals surface area contributed by atoms with Gasteiger partial charge in [0.15, 0.2) is 0 Å². The number of likely N-dealkylation sites (tertiary alicyclic amines) is 1. The summed E-state index contributed by atoms with van der Waals surface area (Å²) in [5.41, 5.74) is 6.44. The number of carbonyl (C=O) groups is 1. The molecule has 2 aromatic rings. The Balaban J connectivity index is 1.54. The molecule has 0 radical (unpaired) electrons. The van der Waals surface area contributed by atoms with Gasteiger partial charge in [0.25, 0.3) is 5.91 Å². The number of hydrogen-bond acceptors (Lipinski definition) is 5. The number of rotatable bonds is 9. The SMILES string of the molecule is COCc1cc(OCCCN2CCC(O)(c3ccc(Cl)cc3)C2)c(C(N)=O)cc1Cl. The normalized spacial score (nSPS) is 19.2. The molecule has 0 saturated carbocycles. The Hall–Kier alpha value is -1.83. The maximum Gasteiger partial charge on any atom is 0.252 e. The molecule has 3 rings (SSSR count). The molecule has 0 spiro atoms. The fourth-order valence-electron chi connectivity index (χ4n) is 3.70. The largest absolute Gasteiger partial charge is 0.493 e. The van der Waals surface area contributed by atoms with Crippen LogP contribution in [0.25, 0.3) is 0 Å². The van der Waals surface area contributed by atoms with Gasteiger partial charge in [-0.2, -0.15) is 0 Å². The van der Waals surface area contributed by atoms with E-state index in [9.17, 15) is 9.90 Å². The Bertz CT molecular complexity index is 891. The van der Waals surface area contributed by atoms with Crippen LogP contribution in [0.1, 0.15) is 34.3 Å². The molecule has 8 heteroatoms. The Morgan fingerprint density at radius 1 is 1.27 bits per heavy atom. The van der Waals surface area contributed by atoms with Gasteiger partial charge in [0.05, 0.1) is 18.8 Å². The van der Waals surface area contributed by atoms with Crippen molar-refractivity contribution in [3.63, 3.8) is 0 Å². The lowest BCUT2D eigenvalue weighted by atomic mass is 9.93. The van der Waals surface area contributed by atoms with Crippen molar-refractivity contribution in [3.05, 3.63) is 63.1 Å². The van der Waals surface area contributed by atoms with E-state index in [1.807, 2.05) is 12.1 Å². The van der Waals surface area contributed by atoms with Gasteiger partial charge in [-0.25, -0.2) is 0 Å². The van der Waals surface area contributed by atoms with Crippen LogP contribution in [0.15, 0.2) is 36.4 Å². The first-order valence-corrected chi connectivity index (χ1v) is 10.5. The van der Waals surface area contributed by atoms with Crippen molar-refractivity contribution in [3.8, 4) is 5.75 Å². The Labute approximate surface area is 186 Å². The molecular formula is C22H26Cl2N2O4. The number of nitrogens with zero attached hydrogens (tertiary/aromatic N) is 1. The molecule has 1 aliphatic rings. The molecule has 3 N–H and O–H groups in total. The van der Waals surface area contributed by atoms with E-state index in [1.165, 1.54) is 6.07 Å². The van der Waals surface area contributed by atoms with Gasteiger partial charge in [-0.15, -0.1) is 0 Å². The van der Waals surface area contributed by atoms with E-state index < -0.39 is 11.5 Å². The lowest BCUT2D eigenvalue weighted by Crippen LogP contribution is -2.31. The average molecular weight is 453 g/mol. The van der Waals surface area contributed by atoms with Crippen molar-refractivity contribution in [2.24, 2.45) is 5.73 Å². The first-order chi connectivity index (χ1) is 14.3. The van der Waals surface area contributed by atoms with Gasteiger partial charge >= 0.3 is 0 Å². The predicted molar refractivity (Wildman–Crippen MR) is 117 cm³/mol. The third kappa shape index (κ3) is 5.45. The number of benzene rings is 2. The quantitative estimate of drug-likeness (QED) is 0.567. The minimum absolute atomic E-state index is 0.248. The molecule has 0 aromatic heterocycles. The fraction of sp³-hybridized carbons (Fsp3) is 0.409. The third-order valence-electron chi connectivity index (χ3n) is 5.30. The number of primary amides is 1. The van der Waals surface area contributed by atoms with E-state index in [0.717, 1.165) is 30.6 Å². The van der Waals surface area contributed by atoms with E-state index in [1.54, 1.807) is 25.3 Å². The van der Waals surface area contributed by atoms with Crippen LogP contribution in [-0.2, 0) is 16.9 Å². The summed E-state index contributed by atoms with van der Waals surface area (Å²) >= 11 is 12.1. The summed E-state index contributed by atoms with van der Waals surface area (Å²) in [5, 5.41) is 12.0. The lowest BCUT2D eigenvalue weighted by molar-refractivity contribution is 0.0456. The van der Waals surface area contributed by atoms with E-state index in [4.69, 9.17) is 38.4 Å². The molecule has 1 aliphatic heterocycles. The summed E-state index contributed by atoms with van der Waals surface area (Å²) in [6.07, 6.45) is 1.40. The van der Waals surface area contributed by atoms with Crippen LogP contribution in [0.2, 0.25) is 10.0 Å². The molecule has 1 saturated heterocycles. The predicted octanol–water partition coefficient (Wildman–Crippen LogP) is 3.60. The van der Waals surface area contributed by atoms with E-state index in [0.29, 0.717) is 42.0 Å². The van der Waals surface area contributed by atoms with Crippen molar-refractivity contribution in [1.29, 1.82) is 0 Å². The number of methoxy groups -OCH3 is 1. The van der Waals surface area contributed by atoms with E-state index in [-0.39, 0.29) is 5.56 Å². The molecule has 1 heterocycles. The highest BCUT2D eigenvalue weighted by molar-refractivity contribution is 6.32. The summed E-state index contributed by atoms with van der Waals surface area (Å²) in [5.74, 6) is -0.193. The minimum atomic E-state index is -0.865. The molecule has 1 amide bonds. The van der Waals surface area contributed by atoms with Gasteiger partial charge in [0.1, 0.15) is 11.4 Å². The molecule has 162 valence electrons. The zero-order valence-electron chi connectivity index (χ0n) is 16.9. The van der Waals surface area contributed by atoms with Gasteiger partial charge in [0.2, 0.25) is 0 Å². The van der Waals surface area contributed by atoms with Crippen LogP contribution in [-0.4, -0.2) is 49.3 Å². The molecule has 0 aliphatic carbocycles. The lowest BCUT2D eigenvalue weighted by Gasteiger charge is -2.24. The number of halogens is 2. The second-order valence-corrected chi connectivity index (χ2v) is 8.35. The summed E-state index contributed by atoms with van der Waals surface area (Å²) in [4.78, 5) is 13.9.